The Kier molecular flexibility index (Phi) is 4.26. The first-order chi connectivity index (χ1) is 15.0. The molecule has 5 aromatic carbocycles. The van der Waals surface area contributed by atoms with Gasteiger partial charge in [0.2, 0.25) is 0 Å². The van der Waals surface area contributed by atoms with Crippen molar-refractivity contribution >= 4 is 44.7 Å². The molecule has 1 aliphatic rings. The lowest BCUT2D eigenvalue weighted by Crippen LogP contribution is -2.37. The second-order valence-corrected chi connectivity index (χ2v) is 7.78. The molecule has 0 heterocycles. The van der Waals surface area contributed by atoms with Gasteiger partial charge >= 0.3 is 0 Å². The molecule has 5 aromatic rings. The van der Waals surface area contributed by atoms with Gasteiger partial charge in [-0.25, -0.2) is 0 Å². The summed E-state index contributed by atoms with van der Waals surface area (Å²) in [7, 11) is 0. The standard InChI is InChI=1S/C14H8O2.C14H10O/c1-8-13(15)10-6-2-4-9-5-3-7-11(12(9)10)14(8)16;1-9-8-11-6-2-4-10-5-3-7-12(13(10)11)14(9)15/h2-7H,1H2;2-7H,1,8H2. The van der Waals surface area contributed by atoms with Crippen LogP contribution in [-0.2, 0) is 6.42 Å². The highest BCUT2D eigenvalue weighted by Crippen LogP contribution is 2.31. The molecule has 0 aliphatic heterocycles. The lowest BCUT2D eigenvalue weighted by Gasteiger charge is -2.17. The summed E-state index contributed by atoms with van der Waals surface area (Å²) in [5, 5.41) is 5.15. The van der Waals surface area contributed by atoms with Crippen LogP contribution in [0.1, 0.15) is 15.9 Å². The van der Waals surface area contributed by atoms with Gasteiger partial charge < -0.3 is 0 Å². The Morgan fingerprint density at radius 3 is 1.74 bits per heavy atom. The quantitative estimate of drug-likeness (QED) is 0.361. The highest BCUT2D eigenvalue weighted by molar-refractivity contribution is 6.19. The predicted molar refractivity (Wildman–Crippen MR) is 127 cm³/mol. The molecule has 6 rings (SSSR count). The molecule has 0 radical (unpaired) electrons. The van der Waals surface area contributed by atoms with Crippen LogP contribution in [0, 0.1) is 0 Å². The summed E-state index contributed by atoms with van der Waals surface area (Å²) in [6.07, 6.45) is 0.688. The summed E-state index contributed by atoms with van der Waals surface area (Å²) in [5.41, 5.74) is 2.21. The van der Waals surface area contributed by atoms with Crippen LogP contribution in [0.5, 0.6) is 0 Å². The van der Waals surface area contributed by atoms with Gasteiger partial charge in [0.1, 0.15) is 0 Å². The summed E-state index contributed by atoms with van der Waals surface area (Å²) >= 11 is 0. The van der Waals surface area contributed by atoms with Gasteiger partial charge in [0, 0.05) is 28.1 Å². The van der Waals surface area contributed by atoms with Crippen LogP contribution < -0.4 is 16.1 Å². The van der Waals surface area contributed by atoms with E-state index in [0.717, 1.165) is 27.1 Å². The Hall–Kier alpha value is -4.11. The van der Waals surface area contributed by atoms with E-state index in [1.807, 2.05) is 54.6 Å². The van der Waals surface area contributed by atoms with E-state index in [2.05, 4.69) is 19.2 Å². The smallest absolute Gasteiger partial charge is 0.197 e. The van der Waals surface area contributed by atoms with Crippen LogP contribution in [0.2, 0.25) is 0 Å². The second-order valence-electron chi connectivity index (χ2n) is 7.78. The Morgan fingerprint density at radius 2 is 1.13 bits per heavy atom. The average molecular weight is 402 g/mol. The molecule has 0 saturated heterocycles. The fourth-order valence-corrected chi connectivity index (χ4v) is 4.40. The van der Waals surface area contributed by atoms with Crippen LogP contribution in [0.4, 0.5) is 0 Å². The summed E-state index contributed by atoms with van der Waals surface area (Å²) in [6.45, 7) is 7.39. The maximum Gasteiger partial charge on any atom is 0.197 e. The van der Waals surface area contributed by atoms with Gasteiger partial charge in [-0.2, -0.15) is 0 Å². The third-order valence-electron chi connectivity index (χ3n) is 5.90. The lowest BCUT2D eigenvalue weighted by molar-refractivity contribution is 0.103. The maximum atomic E-state index is 11.9. The van der Waals surface area contributed by atoms with Crippen LogP contribution in [0.25, 0.3) is 38.9 Å². The third kappa shape index (κ3) is 2.86. The number of hydrogen-bond donors (Lipinski definition) is 0. The Bertz CT molecular complexity index is 1630. The van der Waals surface area contributed by atoms with Crippen LogP contribution >= 0.6 is 0 Å². The van der Waals surface area contributed by atoms with Gasteiger partial charge in [-0.3, -0.25) is 14.4 Å². The zero-order valence-electron chi connectivity index (χ0n) is 16.8. The van der Waals surface area contributed by atoms with Crippen molar-refractivity contribution in [1.29, 1.82) is 0 Å². The van der Waals surface area contributed by atoms with E-state index in [4.69, 9.17) is 0 Å². The summed E-state index contributed by atoms with van der Waals surface area (Å²) < 4.78 is 0. The van der Waals surface area contributed by atoms with Crippen molar-refractivity contribution in [1.82, 2.24) is 0 Å². The monoisotopic (exact) mass is 402 g/mol. The van der Waals surface area contributed by atoms with Gasteiger partial charge in [-0.1, -0.05) is 86.0 Å². The Balaban J connectivity index is 0.000000132. The van der Waals surface area contributed by atoms with E-state index >= 15 is 0 Å². The molecule has 3 heteroatoms. The fourth-order valence-electron chi connectivity index (χ4n) is 4.40. The SMILES string of the molecule is C=C1Cc2cccc3cccc(c23)C1=O.C=c1c(=O)c2cccc3cccc(c1=O)c32. The summed E-state index contributed by atoms with van der Waals surface area (Å²) in [4.78, 5) is 35.7. The minimum atomic E-state index is -0.255. The number of Topliss-reactive ketones (excluding diaryl/α,β-unsaturated/α-hetero) is 1. The summed E-state index contributed by atoms with van der Waals surface area (Å²) in [5.74, 6) is 0.0966. The molecule has 3 nitrogen and oxygen atoms in total. The molecule has 148 valence electrons. The molecule has 0 unspecified atom stereocenters. The van der Waals surface area contributed by atoms with Crippen molar-refractivity contribution < 1.29 is 4.79 Å². The number of hydrogen-bond acceptors (Lipinski definition) is 3. The number of allylic oxidation sites excluding steroid dienone is 1. The van der Waals surface area contributed by atoms with Gasteiger partial charge in [-0.15, -0.1) is 0 Å². The van der Waals surface area contributed by atoms with Crippen molar-refractivity contribution in [3.63, 3.8) is 0 Å². The molecule has 0 saturated carbocycles. The molecule has 0 atom stereocenters. The van der Waals surface area contributed by atoms with Gasteiger partial charge in [0.25, 0.3) is 0 Å². The normalized spacial score (nSPS) is 12.9. The minimum Gasteiger partial charge on any atom is -0.289 e. The first-order valence-electron chi connectivity index (χ1n) is 10.0. The molecular formula is C28H18O3. The molecular weight excluding hydrogens is 384 g/mol. The molecule has 0 bridgehead atoms. The molecule has 31 heavy (non-hydrogen) atoms. The first kappa shape index (κ1) is 18.9. The lowest BCUT2D eigenvalue weighted by atomic mass is 9.85. The van der Waals surface area contributed by atoms with Gasteiger partial charge in [0.05, 0.1) is 5.22 Å². The van der Waals surface area contributed by atoms with Gasteiger partial charge in [-0.05, 0) is 27.3 Å². The molecule has 1 aliphatic carbocycles. The van der Waals surface area contributed by atoms with Crippen molar-refractivity contribution in [3.8, 4) is 0 Å². The largest absolute Gasteiger partial charge is 0.289 e. The highest BCUT2D eigenvalue weighted by atomic mass is 16.1. The molecule has 0 spiro atoms. The van der Waals surface area contributed by atoms with E-state index in [9.17, 15) is 14.4 Å². The zero-order valence-corrected chi connectivity index (χ0v) is 16.8. The van der Waals surface area contributed by atoms with Crippen LogP contribution in [0.3, 0.4) is 0 Å². The highest BCUT2D eigenvalue weighted by Gasteiger charge is 2.21. The molecule has 0 fully saturated rings. The third-order valence-corrected chi connectivity index (χ3v) is 5.90. The number of rotatable bonds is 0. The van der Waals surface area contributed by atoms with Crippen molar-refractivity contribution in [2.45, 2.75) is 6.42 Å². The van der Waals surface area contributed by atoms with Crippen LogP contribution in [-0.4, -0.2) is 5.78 Å². The van der Waals surface area contributed by atoms with Crippen molar-refractivity contribution in [2.24, 2.45) is 0 Å². The maximum absolute atomic E-state index is 11.9. The Morgan fingerprint density at radius 1 is 0.613 bits per heavy atom. The number of ketones is 1. The average Bonchev–Trinajstić information content (AvgIpc) is 2.80. The Labute approximate surface area is 177 Å². The molecule has 0 aromatic heterocycles. The first-order valence-corrected chi connectivity index (χ1v) is 10.0. The number of benzene rings is 5. The van der Waals surface area contributed by atoms with Crippen molar-refractivity contribution in [3.05, 3.63) is 122 Å². The van der Waals surface area contributed by atoms with E-state index in [0.29, 0.717) is 22.8 Å². The second kappa shape index (κ2) is 6.99. The number of carbonyl (C=O) groups excluding carboxylic acids is 1. The van der Waals surface area contributed by atoms with Crippen molar-refractivity contribution in [2.75, 3.05) is 0 Å². The van der Waals surface area contributed by atoms with Crippen LogP contribution in [0.15, 0.2) is 94.5 Å². The molecule has 0 amide bonds. The number of carbonyl (C=O) groups is 1. The van der Waals surface area contributed by atoms with E-state index in [-0.39, 0.29) is 21.9 Å². The van der Waals surface area contributed by atoms with E-state index in [1.165, 1.54) is 5.56 Å². The van der Waals surface area contributed by atoms with Gasteiger partial charge in [0.15, 0.2) is 16.6 Å². The molecule has 0 N–H and O–H groups in total. The predicted octanol–water partition coefficient (Wildman–Crippen LogP) is 4.42. The summed E-state index contributed by atoms with van der Waals surface area (Å²) in [6, 6.07) is 22.9. The zero-order chi connectivity index (χ0) is 21.7. The van der Waals surface area contributed by atoms with E-state index < -0.39 is 0 Å². The topological polar surface area (TPSA) is 51.2 Å². The minimum absolute atomic E-state index is 0.0613. The van der Waals surface area contributed by atoms with E-state index in [1.54, 1.807) is 12.1 Å². The fraction of sp³-hybridized carbons (Fsp3) is 0.0357.